The maximum Gasteiger partial charge on any atom is 0.105 e. The summed E-state index contributed by atoms with van der Waals surface area (Å²) in [4.78, 5) is 0. The lowest BCUT2D eigenvalue weighted by Gasteiger charge is -2.22. The molecule has 0 aromatic carbocycles. The summed E-state index contributed by atoms with van der Waals surface area (Å²) in [6.45, 7) is 5.53. The Morgan fingerprint density at radius 3 is 2.94 bits per heavy atom. The highest BCUT2D eigenvalue weighted by Gasteiger charge is 2.22. The highest BCUT2D eigenvalue weighted by molar-refractivity contribution is 6.30. The first-order valence-electron chi connectivity index (χ1n) is 5.44. The minimum atomic E-state index is -0.492. The Morgan fingerprint density at radius 2 is 2.44 bits per heavy atom. The second-order valence-electron chi connectivity index (χ2n) is 4.04. The van der Waals surface area contributed by atoms with Crippen molar-refractivity contribution in [3.63, 3.8) is 0 Å². The molecule has 0 saturated heterocycles. The van der Waals surface area contributed by atoms with Crippen LogP contribution in [0.4, 0.5) is 0 Å². The minimum absolute atomic E-state index is 0.492. The molecule has 0 radical (unpaired) electrons. The smallest absolute Gasteiger partial charge is 0.105 e. The Morgan fingerprint density at radius 1 is 1.69 bits per heavy atom. The average Bonchev–Trinajstić information content (AvgIpc) is 2.70. The van der Waals surface area contributed by atoms with E-state index in [0.717, 1.165) is 13.0 Å². The van der Waals surface area contributed by atoms with E-state index in [4.69, 9.17) is 16.9 Å². The summed E-state index contributed by atoms with van der Waals surface area (Å²) in [5.41, 5.74) is -0.492. The molecule has 1 rings (SSSR count). The molecule has 0 amide bonds. The highest BCUT2D eigenvalue weighted by atomic mass is 35.5. The monoisotopic (exact) mass is 240 g/mol. The van der Waals surface area contributed by atoms with Gasteiger partial charge in [0, 0.05) is 12.7 Å². The number of aryl methyl sites for hydroxylation is 1. The summed E-state index contributed by atoms with van der Waals surface area (Å²) >= 11 is 5.76. The zero-order valence-electron chi connectivity index (χ0n) is 9.70. The summed E-state index contributed by atoms with van der Waals surface area (Å²) < 4.78 is 1.76. The Bertz CT molecular complexity index is 368. The third-order valence-corrected chi connectivity index (χ3v) is 2.65. The molecule has 1 unspecified atom stereocenters. The van der Waals surface area contributed by atoms with Crippen molar-refractivity contribution < 1.29 is 0 Å². The van der Waals surface area contributed by atoms with Crippen molar-refractivity contribution in [1.82, 2.24) is 15.1 Å². The molecule has 0 aliphatic heterocycles. The molecule has 5 heteroatoms. The SMILES string of the molecule is CCCNC(C)(C#N)CCn1cc(Cl)cn1. The zero-order chi connectivity index (χ0) is 12.0. The Hall–Kier alpha value is -1.05. The van der Waals surface area contributed by atoms with Gasteiger partial charge in [-0.05, 0) is 26.3 Å². The molecule has 0 spiro atoms. The topological polar surface area (TPSA) is 53.6 Å². The summed E-state index contributed by atoms with van der Waals surface area (Å²) in [7, 11) is 0. The van der Waals surface area contributed by atoms with Crippen LogP contribution in [0.15, 0.2) is 12.4 Å². The molecule has 0 fully saturated rings. The van der Waals surface area contributed by atoms with E-state index in [0.29, 0.717) is 18.0 Å². The van der Waals surface area contributed by atoms with Crippen molar-refractivity contribution in [1.29, 1.82) is 5.26 Å². The minimum Gasteiger partial charge on any atom is -0.300 e. The third kappa shape index (κ3) is 3.84. The van der Waals surface area contributed by atoms with Gasteiger partial charge in [-0.1, -0.05) is 18.5 Å². The van der Waals surface area contributed by atoms with Crippen LogP contribution in [0, 0.1) is 11.3 Å². The van der Waals surface area contributed by atoms with Crippen LogP contribution in [-0.2, 0) is 6.54 Å². The normalized spacial score (nSPS) is 14.4. The van der Waals surface area contributed by atoms with Crippen molar-refractivity contribution in [2.45, 2.75) is 38.8 Å². The second kappa shape index (κ2) is 5.88. The van der Waals surface area contributed by atoms with E-state index in [1.165, 1.54) is 0 Å². The molecule has 1 N–H and O–H groups in total. The van der Waals surface area contributed by atoms with E-state index in [1.807, 2.05) is 6.92 Å². The lowest BCUT2D eigenvalue weighted by atomic mass is 10.00. The molecule has 0 saturated carbocycles. The highest BCUT2D eigenvalue weighted by Crippen LogP contribution is 2.11. The van der Waals surface area contributed by atoms with E-state index in [-0.39, 0.29) is 0 Å². The largest absolute Gasteiger partial charge is 0.300 e. The van der Waals surface area contributed by atoms with Gasteiger partial charge in [0.25, 0.3) is 0 Å². The van der Waals surface area contributed by atoms with Crippen LogP contribution in [0.5, 0.6) is 0 Å². The van der Waals surface area contributed by atoms with Crippen molar-refractivity contribution in [3.05, 3.63) is 17.4 Å². The first-order chi connectivity index (χ1) is 7.59. The number of nitriles is 1. The zero-order valence-corrected chi connectivity index (χ0v) is 10.5. The lowest BCUT2D eigenvalue weighted by Crippen LogP contribution is -2.42. The Balaban J connectivity index is 2.48. The van der Waals surface area contributed by atoms with Crippen molar-refractivity contribution in [3.8, 4) is 6.07 Å². The first-order valence-corrected chi connectivity index (χ1v) is 5.81. The molecule has 1 aromatic heterocycles. The van der Waals surface area contributed by atoms with Gasteiger partial charge in [-0.3, -0.25) is 10.00 Å². The van der Waals surface area contributed by atoms with E-state index in [2.05, 4.69) is 23.4 Å². The van der Waals surface area contributed by atoms with Gasteiger partial charge in [0.2, 0.25) is 0 Å². The molecule has 4 nitrogen and oxygen atoms in total. The molecule has 0 aliphatic rings. The van der Waals surface area contributed by atoms with E-state index < -0.39 is 5.54 Å². The van der Waals surface area contributed by atoms with E-state index >= 15 is 0 Å². The number of halogens is 1. The third-order valence-electron chi connectivity index (χ3n) is 2.45. The maximum atomic E-state index is 9.13. The van der Waals surface area contributed by atoms with Gasteiger partial charge < -0.3 is 0 Å². The number of hydrogen-bond donors (Lipinski definition) is 1. The number of aromatic nitrogens is 2. The van der Waals surface area contributed by atoms with Crippen LogP contribution in [0.25, 0.3) is 0 Å². The molecular weight excluding hydrogens is 224 g/mol. The number of nitrogens with one attached hydrogen (secondary N) is 1. The predicted molar refractivity (Wildman–Crippen MR) is 64.2 cm³/mol. The van der Waals surface area contributed by atoms with Crippen LogP contribution in [0.2, 0.25) is 5.02 Å². The maximum absolute atomic E-state index is 9.13. The van der Waals surface area contributed by atoms with Gasteiger partial charge in [-0.15, -0.1) is 0 Å². The number of rotatable bonds is 6. The molecular formula is C11H17ClN4. The van der Waals surface area contributed by atoms with Gasteiger partial charge in [0.1, 0.15) is 5.54 Å². The molecule has 1 heterocycles. The average molecular weight is 241 g/mol. The lowest BCUT2D eigenvalue weighted by molar-refractivity contribution is 0.383. The van der Waals surface area contributed by atoms with Gasteiger partial charge in [0.15, 0.2) is 0 Å². The molecule has 0 bridgehead atoms. The molecule has 88 valence electrons. The van der Waals surface area contributed by atoms with Crippen LogP contribution in [0.3, 0.4) is 0 Å². The van der Waals surface area contributed by atoms with Crippen LogP contribution in [0.1, 0.15) is 26.7 Å². The van der Waals surface area contributed by atoms with Gasteiger partial charge >= 0.3 is 0 Å². The van der Waals surface area contributed by atoms with Crippen molar-refractivity contribution >= 4 is 11.6 Å². The van der Waals surface area contributed by atoms with Crippen LogP contribution in [-0.4, -0.2) is 21.9 Å². The molecule has 0 aliphatic carbocycles. The molecule has 16 heavy (non-hydrogen) atoms. The van der Waals surface area contributed by atoms with Crippen molar-refractivity contribution in [2.24, 2.45) is 0 Å². The van der Waals surface area contributed by atoms with Gasteiger partial charge in [-0.25, -0.2) is 0 Å². The van der Waals surface area contributed by atoms with Crippen LogP contribution >= 0.6 is 11.6 Å². The van der Waals surface area contributed by atoms with E-state index in [1.54, 1.807) is 17.1 Å². The summed E-state index contributed by atoms with van der Waals surface area (Å²) in [6.07, 6.45) is 5.09. The van der Waals surface area contributed by atoms with E-state index in [9.17, 15) is 0 Å². The molecule has 1 atom stereocenters. The number of nitrogens with zero attached hydrogens (tertiary/aromatic N) is 3. The first kappa shape index (κ1) is 13.0. The van der Waals surface area contributed by atoms with Crippen molar-refractivity contribution in [2.75, 3.05) is 6.54 Å². The fourth-order valence-electron chi connectivity index (χ4n) is 1.38. The summed E-state index contributed by atoms with van der Waals surface area (Å²) in [5, 5.41) is 17.1. The fourth-order valence-corrected chi connectivity index (χ4v) is 1.54. The summed E-state index contributed by atoms with van der Waals surface area (Å²) in [5.74, 6) is 0. The van der Waals surface area contributed by atoms with Gasteiger partial charge in [-0.2, -0.15) is 10.4 Å². The van der Waals surface area contributed by atoms with Gasteiger partial charge in [0.05, 0.1) is 17.3 Å². The fraction of sp³-hybridized carbons (Fsp3) is 0.636. The Labute approximate surface area is 101 Å². The standard InChI is InChI=1S/C11H17ClN4/c1-3-5-14-11(2,9-13)4-6-16-8-10(12)7-15-16/h7-8,14H,3-6H2,1-2H3. The molecule has 1 aromatic rings. The quantitative estimate of drug-likeness (QED) is 0.830. The van der Waals surface area contributed by atoms with Crippen LogP contribution < -0.4 is 5.32 Å². The predicted octanol–water partition coefficient (Wildman–Crippen LogP) is 2.21. The Kier molecular flexibility index (Phi) is 4.78. The summed E-state index contributed by atoms with van der Waals surface area (Å²) in [6, 6.07) is 2.31. The number of hydrogen-bond acceptors (Lipinski definition) is 3. The second-order valence-corrected chi connectivity index (χ2v) is 4.48.